The molecule has 1 rings (SSSR count). The highest BCUT2D eigenvalue weighted by Gasteiger charge is 2.02. The highest BCUT2D eigenvalue weighted by molar-refractivity contribution is 6.31. The van der Waals surface area contributed by atoms with Crippen LogP contribution in [-0.4, -0.2) is 6.04 Å². The number of benzene rings is 1. The summed E-state index contributed by atoms with van der Waals surface area (Å²) < 4.78 is 0. The predicted octanol–water partition coefficient (Wildman–Crippen LogP) is 3.15. The molecule has 0 aliphatic heterocycles. The summed E-state index contributed by atoms with van der Waals surface area (Å²) in [6.07, 6.45) is 6.32. The molecule has 0 fully saturated rings. The van der Waals surface area contributed by atoms with E-state index in [0.29, 0.717) is 0 Å². The van der Waals surface area contributed by atoms with E-state index in [1.807, 2.05) is 19.1 Å². The third-order valence-electron chi connectivity index (χ3n) is 2.38. The van der Waals surface area contributed by atoms with Crippen LogP contribution in [0.3, 0.4) is 0 Å². The minimum atomic E-state index is 0.154. The zero-order chi connectivity index (χ0) is 11.3. The number of rotatable bonds is 4. The van der Waals surface area contributed by atoms with Gasteiger partial charge in [0.25, 0.3) is 0 Å². The average molecular weight is 222 g/mol. The Morgan fingerprint density at radius 2 is 2.27 bits per heavy atom. The lowest BCUT2D eigenvalue weighted by atomic mass is 10.1. The summed E-state index contributed by atoms with van der Waals surface area (Å²) in [6.45, 7) is 4.87. The first kappa shape index (κ1) is 12.1. The van der Waals surface area contributed by atoms with Gasteiger partial charge >= 0.3 is 0 Å². The highest BCUT2D eigenvalue weighted by atomic mass is 35.5. The van der Waals surface area contributed by atoms with Crippen LogP contribution in [0.25, 0.3) is 0 Å². The molecule has 1 atom stereocenters. The largest absolute Gasteiger partial charge is 0.300 e. The molecule has 1 unspecified atom stereocenters. The fourth-order valence-electron chi connectivity index (χ4n) is 1.38. The molecule has 1 nitrogen and oxygen atoms in total. The molecule has 1 N–H and O–H groups in total. The van der Waals surface area contributed by atoms with E-state index in [2.05, 4.69) is 24.2 Å². The Balaban J connectivity index is 2.59. The van der Waals surface area contributed by atoms with Gasteiger partial charge in [-0.2, -0.15) is 0 Å². The van der Waals surface area contributed by atoms with Crippen molar-refractivity contribution < 1.29 is 0 Å². The number of nitrogens with one attached hydrogen (secondary N) is 1. The zero-order valence-corrected chi connectivity index (χ0v) is 9.93. The van der Waals surface area contributed by atoms with Gasteiger partial charge in [-0.25, -0.2) is 0 Å². The summed E-state index contributed by atoms with van der Waals surface area (Å²) in [7, 11) is 0. The molecule has 2 heteroatoms. The van der Waals surface area contributed by atoms with Gasteiger partial charge in [-0.15, -0.1) is 6.42 Å². The quantitative estimate of drug-likeness (QED) is 0.771. The Hall–Kier alpha value is -0.970. The summed E-state index contributed by atoms with van der Waals surface area (Å²) in [5.74, 6) is 2.71. The second kappa shape index (κ2) is 5.80. The first-order valence-corrected chi connectivity index (χ1v) is 5.49. The average Bonchev–Trinajstić information content (AvgIpc) is 2.24. The van der Waals surface area contributed by atoms with Gasteiger partial charge in [0.15, 0.2) is 0 Å². The van der Waals surface area contributed by atoms with Gasteiger partial charge in [0.2, 0.25) is 0 Å². The molecule has 0 saturated carbocycles. The second-order valence-electron chi connectivity index (χ2n) is 3.59. The van der Waals surface area contributed by atoms with Crippen LogP contribution in [-0.2, 0) is 6.54 Å². The molecular weight excluding hydrogens is 206 g/mol. The van der Waals surface area contributed by atoms with Crippen LogP contribution in [0.1, 0.15) is 24.5 Å². The van der Waals surface area contributed by atoms with Crippen molar-refractivity contribution in [1.82, 2.24) is 5.32 Å². The highest BCUT2D eigenvalue weighted by Crippen LogP contribution is 2.16. The van der Waals surface area contributed by atoms with E-state index in [1.165, 1.54) is 5.56 Å². The molecule has 1 aromatic rings. The molecule has 15 heavy (non-hydrogen) atoms. The van der Waals surface area contributed by atoms with Crippen molar-refractivity contribution in [2.45, 2.75) is 32.9 Å². The lowest BCUT2D eigenvalue weighted by Gasteiger charge is -2.11. The van der Waals surface area contributed by atoms with Gasteiger partial charge in [-0.1, -0.05) is 36.6 Å². The molecule has 1 aromatic carbocycles. The summed E-state index contributed by atoms with van der Waals surface area (Å²) in [6, 6.07) is 6.18. The minimum absolute atomic E-state index is 0.154. The maximum absolute atomic E-state index is 5.95. The van der Waals surface area contributed by atoms with Gasteiger partial charge in [0.1, 0.15) is 0 Å². The SMILES string of the molecule is C#CC(CC)NCc1ccc(Cl)c(C)c1. The van der Waals surface area contributed by atoms with Crippen LogP contribution < -0.4 is 5.32 Å². The fourth-order valence-corrected chi connectivity index (χ4v) is 1.50. The zero-order valence-electron chi connectivity index (χ0n) is 9.18. The Labute approximate surface area is 96.8 Å². The monoisotopic (exact) mass is 221 g/mol. The Morgan fingerprint density at radius 1 is 1.53 bits per heavy atom. The van der Waals surface area contributed by atoms with E-state index in [-0.39, 0.29) is 6.04 Å². The number of hydrogen-bond donors (Lipinski definition) is 1. The standard InChI is InChI=1S/C13H16ClN/c1-4-12(5-2)15-9-11-6-7-13(14)10(3)8-11/h1,6-8,12,15H,5,9H2,2-3H3. The molecule has 0 saturated heterocycles. The summed E-state index contributed by atoms with van der Waals surface area (Å²) in [5, 5.41) is 4.11. The molecule has 0 amide bonds. The van der Waals surface area contributed by atoms with Crippen LogP contribution in [0.5, 0.6) is 0 Å². The van der Waals surface area contributed by atoms with Gasteiger partial charge in [-0.3, -0.25) is 5.32 Å². The van der Waals surface area contributed by atoms with Crippen molar-refractivity contribution in [1.29, 1.82) is 0 Å². The van der Waals surface area contributed by atoms with Gasteiger partial charge in [0.05, 0.1) is 6.04 Å². The first-order valence-electron chi connectivity index (χ1n) is 5.12. The Bertz CT molecular complexity index is 365. The maximum atomic E-state index is 5.95. The van der Waals surface area contributed by atoms with Gasteiger partial charge < -0.3 is 0 Å². The van der Waals surface area contributed by atoms with Crippen molar-refractivity contribution in [3.8, 4) is 12.3 Å². The third-order valence-corrected chi connectivity index (χ3v) is 2.81. The molecular formula is C13H16ClN. The normalized spacial score (nSPS) is 12.1. The topological polar surface area (TPSA) is 12.0 Å². The van der Waals surface area contributed by atoms with Crippen LogP contribution in [0, 0.1) is 19.3 Å². The first-order chi connectivity index (χ1) is 7.17. The van der Waals surface area contributed by atoms with E-state index in [0.717, 1.165) is 23.6 Å². The molecule has 0 aliphatic carbocycles. The molecule has 0 spiro atoms. The van der Waals surface area contributed by atoms with Gasteiger partial charge in [-0.05, 0) is 30.5 Å². The van der Waals surface area contributed by atoms with Gasteiger partial charge in [0, 0.05) is 11.6 Å². The van der Waals surface area contributed by atoms with E-state index >= 15 is 0 Å². The summed E-state index contributed by atoms with van der Waals surface area (Å²) in [5.41, 5.74) is 2.32. The van der Waals surface area contributed by atoms with E-state index in [9.17, 15) is 0 Å². The van der Waals surface area contributed by atoms with Crippen molar-refractivity contribution >= 4 is 11.6 Å². The lowest BCUT2D eigenvalue weighted by Crippen LogP contribution is -2.26. The number of halogens is 1. The van der Waals surface area contributed by atoms with Crippen LogP contribution in [0.4, 0.5) is 0 Å². The fraction of sp³-hybridized carbons (Fsp3) is 0.385. The summed E-state index contributed by atoms with van der Waals surface area (Å²) >= 11 is 5.95. The Kier molecular flexibility index (Phi) is 4.68. The second-order valence-corrected chi connectivity index (χ2v) is 4.00. The van der Waals surface area contributed by atoms with Crippen LogP contribution in [0.15, 0.2) is 18.2 Å². The third kappa shape index (κ3) is 3.58. The number of hydrogen-bond acceptors (Lipinski definition) is 1. The Morgan fingerprint density at radius 3 is 2.80 bits per heavy atom. The number of aryl methyl sites for hydroxylation is 1. The molecule has 80 valence electrons. The molecule has 0 aliphatic rings. The molecule has 0 heterocycles. The lowest BCUT2D eigenvalue weighted by molar-refractivity contribution is 0.592. The van der Waals surface area contributed by atoms with Crippen molar-refractivity contribution in [2.24, 2.45) is 0 Å². The van der Waals surface area contributed by atoms with E-state index in [1.54, 1.807) is 0 Å². The molecule has 0 aromatic heterocycles. The van der Waals surface area contributed by atoms with Crippen LogP contribution in [0.2, 0.25) is 5.02 Å². The van der Waals surface area contributed by atoms with Crippen LogP contribution >= 0.6 is 11.6 Å². The predicted molar refractivity (Wildman–Crippen MR) is 65.9 cm³/mol. The minimum Gasteiger partial charge on any atom is -0.300 e. The van der Waals surface area contributed by atoms with Crippen molar-refractivity contribution in [2.75, 3.05) is 0 Å². The summed E-state index contributed by atoms with van der Waals surface area (Å²) in [4.78, 5) is 0. The molecule has 0 radical (unpaired) electrons. The van der Waals surface area contributed by atoms with E-state index < -0.39 is 0 Å². The maximum Gasteiger partial charge on any atom is 0.0686 e. The smallest absolute Gasteiger partial charge is 0.0686 e. The van der Waals surface area contributed by atoms with Crippen molar-refractivity contribution in [3.63, 3.8) is 0 Å². The van der Waals surface area contributed by atoms with E-state index in [4.69, 9.17) is 18.0 Å². The van der Waals surface area contributed by atoms with Crippen molar-refractivity contribution in [3.05, 3.63) is 34.3 Å². The molecule has 0 bridgehead atoms. The number of terminal acetylenes is 1.